The number of aliphatic imine (C=N–C) groups is 1. The van der Waals surface area contributed by atoms with Crippen LogP contribution in [-0.2, 0) is 10.3 Å². The lowest BCUT2D eigenvalue weighted by Crippen LogP contribution is -2.16. The molecule has 2 nitrogen and oxygen atoms in total. The highest BCUT2D eigenvalue weighted by Crippen LogP contribution is 2.33. The van der Waals surface area contributed by atoms with Crippen LogP contribution in [0.1, 0.15) is 25.0 Å². The molecule has 0 bridgehead atoms. The summed E-state index contributed by atoms with van der Waals surface area (Å²) in [4.78, 5) is 14.1. The molecule has 14 heavy (non-hydrogen) atoms. The van der Waals surface area contributed by atoms with Gasteiger partial charge in [-0.25, -0.2) is 4.79 Å². The van der Waals surface area contributed by atoms with Gasteiger partial charge in [0.25, 0.3) is 0 Å². The first-order chi connectivity index (χ1) is 6.49. The minimum atomic E-state index is -0.522. The Labute approximate surface area is 92.2 Å². The topological polar surface area (TPSA) is 29.4 Å². The summed E-state index contributed by atoms with van der Waals surface area (Å²) in [5.74, 6) is 0. The lowest BCUT2D eigenvalue weighted by atomic mass is 9.91. The molecule has 0 aliphatic heterocycles. The maximum absolute atomic E-state index is 10.3. The van der Waals surface area contributed by atoms with Gasteiger partial charge in [-0.05, 0) is 38.0 Å². The van der Waals surface area contributed by atoms with Gasteiger partial charge in [-0.3, -0.25) is 0 Å². The molecule has 0 amide bonds. The van der Waals surface area contributed by atoms with Crippen molar-refractivity contribution in [3.8, 4) is 0 Å². The number of nitrogens with zero attached hydrogens (tertiary/aromatic N) is 1. The Morgan fingerprint density at radius 3 is 2.57 bits per heavy atom. The molecule has 0 radical (unpaired) electrons. The third-order valence-electron chi connectivity index (χ3n) is 2.16. The predicted molar refractivity (Wildman–Crippen MR) is 60.0 cm³/mol. The van der Waals surface area contributed by atoms with Gasteiger partial charge in [0.05, 0.1) is 5.54 Å². The fourth-order valence-electron chi connectivity index (χ4n) is 1.58. The second-order valence-electron chi connectivity index (χ2n) is 3.69. The number of aryl methyl sites for hydroxylation is 1. The fourth-order valence-corrected chi connectivity index (χ4v) is 2.53. The van der Waals surface area contributed by atoms with Crippen molar-refractivity contribution in [3.05, 3.63) is 33.8 Å². The van der Waals surface area contributed by atoms with E-state index in [1.807, 2.05) is 39.0 Å². The second-order valence-corrected chi connectivity index (χ2v) is 4.55. The van der Waals surface area contributed by atoms with Crippen molar-refractivity contribution in [1.82, 2.24) is 0 Å². The van der Waals surface area contributed by atoms with Crippen molar-refractivity contribution >= 4 is 22.0 Å². The van der Waals surface area contributed by atoms with E-state index in [-0.39, 0.29) is 0 Å². The molecule has 0 fully saturated rings. The quantitative estimate of drug-likeness (QED) is 0.588. The fraction of sp³-hybridized carbons (Fsp3) is 0.364. The number of benzene rings is 1. The molecule has 0 heterocycles. The summed E-state index contributed by atoms with van der Waals surface area (Å²) in [6.07, 6.45) is 1.62. The molecule has 1 rings (SSSR count). The van der Waals surface area contributed by atoms with Crippen molar-refractivity contribution in [2.75, 3.05) is 0 Å². The summed E-state index contributed by atoms with van der Waals surface area (Å²) in [6.45, 7) is 5.79. The molecular formula is C11H12BrNO. The van der Waals surface area contributed by atoms with Crippen molar-refractivity contribution in [2.45, 2.75) is 26.3 Å². The van der Waals surface area contributed by atoms with Crippen LogP contribution in [0.25, 0.3) is 0 Å². The Hall–Kier alpha value is -0.920. The molecule has 0 atom stereocenters. The van der Waals surface area contributed by atoms with Crippen LogP contribution in [0.2, 0.25) is 0 Å². The zero-order valence-corrected chi connectivity index (χ0v) is 10.1. The molecule has 0 saturated carbocycles. The highest BCUT2D eigenvalue weighted by Gasteiger charge is 2.23. The van der Waals surface area contributed by atoms with Gasteiger partial charge < -0.3 is 0 Å². The molecule has 0 spiro atoms. The van der Waals surface area contributed by atoms with E-state index >= 15 is 0 Å². The molecule has 0 aliphatic carbocycles. The van der Waals surface area contributed by atoms with Crippen molar-refractivity contribution < 1.29 is 4.79 Å². The van der Waals surface area contributed by atoms with Crippen LogP contribution < -0.4 is 0 Å². The van der Waals surface area contributed by atoms with Gasteiger partial charge in [-0.2, -0.15) is 4.99 Å². The number of hydrogen-bond donors (Lipinski definition) is 0. The first kappa shape index (κ1) is 11.2. The Bertz CT molecular complexity index is 372. The lowest BCUT2D eigenvalue weighted by molar-refractivity contribution is 0.519. The van der Waals surface area contributed by atoms with E-state index in [1.165, 1.54) is 0 Å². The smallest absolute Gasteiger partial charge is 0.211 e. The highest BCUT2D eigenvalue weighted by molar-refractivity contribution is 9.10. The van der Waals surface area contributed by atoms with E-state index < -0.39 is 5.54 Å². The molecule has 0 aliphatic rings. The zero-order chi connectivity index (χ0) is 10.8. The Morgan fingerprint density at radius 2 is 2.07 bits per heavy atom. The van der Waals surface area contributed by atoms with Crippen molar-refractivity contribution in [3.63, 3.8) is 0 Å². The van der Waals surface area contributed by atoms with Crippen LogP contribution in [-0.4, -0.2) is 6.08 Å². The molecule has 0 N–H and O–H groups in total. The minimum Gasteiger partial charge on any atom is -0.211 e. The molecule has 0 unspecified atom stereocenters. The standard InChI is InChI=1S/C11H12BrNO/c1-8-5-4-6-9(12)10(8)11(2,3)13-7-14/h4-6H,1-3H3. The third kappa shape index (κ3) is 2.11. The van der Waals surface area contributed by atoms with Gasteiger partial charge in [-0.1, -0.05) is 28.1 Å². The van der Waals surface area contributed by atoms with Crippen LogP contribution in [0.4, 0.5) is 0 Å². The average molecular weight is 254 g/mol. The van der Waals surface area contributed by atoms with E-state index in [0.717, 1.165) is 15.6 Å². The maximum Gasteiger partial charge on any atom is 0.235 e. The summed E-state index contributed by atoms with van der Waals surface area (Å²) in [5.41, 5.74) is 1.62. The van der Waals surface area contributed by atoms with Gasteiger partial charge >= 0.3 is 0 Å². The molecule has 1 aromatic carbocycles. The summed E-state index contributed by atoms with van der Waals surface area (Å²) >= 11 is 3.46. The SMILES string of the molecule is Cc1cccc(Br)c1C(C)(C)N=C=O. The first-order valence-corrected chi connectivity index (χ1v) is 5.13. The lowest BCUT2D eigenvalue weighted by Gasteiger charge is -2.21. The van der Waals surface area contributed by atoms with Gasteiger partial charge in [0, 0.05) is 4.47 Å². The molecule has 0 aromatic heterocycles. The number of isocyanates is 1. The zero-order valence-electron chi connectivity index (χ0n) is 8.47. The van der Waals surface area contributed by atoms with Crippen LogP contribution in [0.15, 0.2) is 27.7 Å². The van der Waals surface area contributed by atoms with Crippen molar-refractivity contribution in [2.24, 2.45) is 4.99 Å². The van der Waals surface area contributed by atoms with Gasteiger partial charge in [0.1, 0.15) is 0 Å². The van der Waals surface area contributed by atoms with Gasteiger partial charge in [0.2, 0.25) is 6.08 Å². The molecule has 1 aromatic rings. The highest BCUT2D eigenvalue weighted by atomic mass is 79.9. The Balaban J connectivity index is 3.37. The summed E-state index contributed by atoms with van der Waals surface area (Å²) < 4.78 is 0.974. The molecule has 74 valence electrons. The third-order valence-corrected chi connectivity index (χ3v) is 2.82. The second kappa shape index (κ2) is 4.07. The number of hydrogen-bond acceptors (Lipinski definition) is 2. The number of carbonyl (C=O) groups excluding carboxylic acids is 1. The van der Waals surface area contributed by atoms with Crippen molar-refractivity contribution in [1.29, 1.82) is 0 Å². The van der Waals surface area contributed by atoms with E-state index in [2.05, 4.69) is 20.9 Å². The van der Waals surface area contributed by atoms with E-state index in [4.69, 9.17) is 0 Å². The summed E-state index contributed by atoms with van der Waals surface area (Å²) in [6, 6.07) is 5.91. The molecular weight excluding hydrogens is 242 g/mol. The monoisotopic (exact) mass is 253 g/mol. The summed E-state index contributed by atoms with van der Waals surface area (Å²) in [5, 5.41) is 0. The summed E-state index contributed by atoms with van der Waals surface area (Å²) in [7, 11) is 0. The van der Waals surface area contributed by atoms with Crippen LogP contribution in [0.5, 0.6) is 0 Å². The molecule has 3 heteroatoms. The maximum atomic E-state index is 10.3. The van der Waals surface area contributed by atoms with Crippen LogP contribution in [0.3, 0.4) is 0 Å². The first-order valence-electron chi connectivity index (χ1n) is 4.33. The van der Waals surface area contributed by atoms with Gasteiger partial charge in [0.15, 0.2) is 0 Å². The number of rotatable bonds is 2. The average Bonchev–Trinajstić information content (AvgIpc) is 2.02. The van der Waals surface area contributed by atoms with E-state index in [9.17, 15) is 4.79 Å². The largest absolute Gasteiger partial charge is 0.235 e. The van der Waals surface area contributed by atoms with Crippen LogP contribution in [0, 0.1) is 6.92 Å². The minimum absolute atomic E-state index is 0.522. The molecule has 0 saturated heterocycles. The van der Waals surface area contributed by atoms with E-state index in [1.54, 1.807) is 6.08 Å². The van der Waals surface area contributed by atoms with Gasteiger partial charge in [-0.15, -0.1) is 0 Å². The predicted octanol–water partition coefficient (Wildman–Crippen LogP) is 3.33. The Kier molecular flexibility index (Phi) is 3.25. The normalized spacial score (nSPS) is 10.9. The van der Waals surface area contributed by atoms with Crippen LogP contribution >= 0.6 is 15.9 Å². The Morgan fingerprint density at radius 1 is 1.43 bits per heavy atom. The van der Waals surface area contributed by atoms with E-state index in [0.29, 0.717) is 0 Å². The number of halogens is 1.